The summed E-state index contributed by atoms with van der Waals surface area (Å²) in [4.78, 5) is 31.8. The van der Waals surface area contributed by atoms with E-state index in [1.54, 1.807) is 32.0 Å². The second-order valence-electron chi connectivity index (χ2n) is 7.33. The van der Waals surface area contributed by atoms with Gasteiger partial charge in [-0.3, -0.25) is 4.79 Å². The molecule has 2 aromatic carbocycles. The van der Waals surface area contributed by atoms with Crippen molar-refractivity contribution < 1.29 is 23.5 Å². The fraction of sp³-hybridized carbons (Fsp3) is 0.208. The average molecular weight is 546 g/mol. The van der Waals surface area contributed by atoms with Crippen LogP contribution in [0.5, 0.6) is 5.75 Å². The number of nitrogens with one attached hydrogen (secondary N) is 1. The Hall–Kier alpha value is -3.11. The van der Waals surface area contributed by atoms with Crippen molar-refractivity contribution >= 4 is 50.4 Å². The first-order valence-electron chi connectivity index (χ1n) is 10.4. The van der Waals surface area contributed by atoms with Gasteiger partial charge >= 0.3 is 5.97 Å². The minimum atomic E-state index is -0.560. The van der Waals surface area contributed by atoms with Gasteiger partial charge in [-0.15, -0.1) is 0 Å². The van der Waals surface area contributed by atoms with E-state index in [-0.39, 0.29) is 18.9 Å². The summed E-state index contributed by atoms with van der Waals surface area (Å²) in [5.41, 5.74) is 1.69. The molecule has 10 heteroatoms. The minimum Gasteiger partial charge on any atom is -0.483 e. The smallest absolute Gasteiger partial charge is 0.338 e. The lowest BCUT2D eigenvalue weighted by molar-refractivity contribution is -0.139. The highest BCUT2D eigenvalue weighted by molar-refractivity contribution is 9.10. The molecule has 1 atom stereocenters. The number of thioether (sulfide) groups is 1. The first-order valence-corrected chi connectivity index (χ1v) is 12.1. The highest BCUT2D eigenvalue weighted by Crippen LogP contribution is 2.43. The second kappa shape index (κ2) is 10.4. The first-order chi connectivity index (χ1) is 16.4. The van der Waals surface area contributed by atoms with Crippen LogP contribution in [-0.2, 0) is 14.3 Å². The van der Waals surface area contributed by atoms with E-state index in [1.807, 2.05) is 28.6 Å². The molecule has 7 nitrogen and oxygen atoms in total. The SMILES string of the molecule is CCOC(=O)C1=C(C)N=C2SC=CN2[C@H]1c1ccccc1OCC(=O)Nc1ccc(Br)cc1F. The van der Waals surface area contributed by atoms with Gasteiger partial charge in [0.05, 0.1) is 29.6 Å². The zero-order chi connectivity index (χ0) is 24.2. The van der Waals surface area contributed by atoms with Crippen LogP contribution < -0.4 is 10.1 Å². The standard InChI is InChI=1S/C24H21BrFN3O4S/c1-3-32-23(31)21-14(2)27-24-29(10-11-34-24)22(21)16-6-4-5-7-19(16)33-13-20(30)28-18-9-8-15(25)12-17(18)26/h4-12,22H,3,13H2,1-2H3,(H,28,30)/t22-/m0/s1. The molecule has 0 bridgehead atoms. The van der Waals surface area contributed by atoms with E-state index in [0.717, 1.165) is 5.17 Å². The molecule has 34 heavy (non-hydrogen) atoms. The summed E-state index contributed by atoms with van der Waals surface area (Å²) in [5.74, 6) is -1.12. The van der Waals surface area contributed by atoms with Crippen molar-refractivity contribution in [2.75, 3.05) is 18.5 Å². The maximum atomic E-state index is 14.1. The van der Waals surface area contributed by atoms with Crippen LogP contribution in [0.1, 0.15) is 25.5 Å². The maximum Gasteiger partial charge on any atom is 0.338 e. The third-order valence-corrected chi connectivity index (χ3v) is 6.36. The quantitative estimate of drug-likeness (QED) is 0.471. The number of para-hydroxylation sites is 1. The third kappa shape index (κ3) is 5.02. The van der Waals surface area contributed by atoms with Crippen LogP contribution in [0.3, 0.4) is 0 Å². The van der Waals surface area contributed by atoms with Crippen LogP contribution in [0.15, 0.2) is 74.8 Å². The van der Waals surface area contributed by atoms with E-state index >= 15 is 0 Å². The summed E-state index contributed by atoms with van der Waals surface area (Å²) in [6.07, 6.45) is 1.85. The number of halogens is 2. The van der Waals surface area contributed by atoms with Crippen LogP contribution in [0, 0.1) is 5.82 Å². The number of ether oxygens (including phenoxy) is 2. The van der Waals surface area contributed by atoms with Gasteiger partial charge in [0, 0.05) is 16.2 Å². The number of carbonyl (C=O) groups is 2. The number of hydrogen-bond donors (Lipinski definition) is 1. The normalized spacial score (nSPS) is 16.8. The van der Waals surface area contributed by atoms with E-state index in [0.29, 0.717) is 27.1 Å². The van der Waals surface area contributed by atoms with Gasteiger partial charge in [0.25, 0.3) is 5.91 Å². The lowest BCUT2D eigenvalue weighted by Gasteiger charge is -2.34. The highest BCUT2D eigenvalue weighted by Gasteiger charge is 2.38. The number of amides is 1. The Bertz CT molecular complexity index is 1230. The molecule has 0 aromatic heterocycles. The number of nitrogens with zero attached hydrogens (tertiary/aromatic N) is 2. The van der Waals surface area contributed by atoms with E-state index < -0.39 is 23.7 Å². The predicted molar refractivity (Wildman–Crippen MR) is 133 cm³/mol. The van der Waals surface area contributed by atoms with Crippen LogP contribution in [0.2, 0.25) is 0 Å². The summed E-state index contributed by atoms with van der Waals surface area (Å²) in [6, 6.07) is 11.0. The summed E-state index contributed by atoms with van der Waals surface area (Å²) in [6.45, 7) is 3.40. The van der Waals surface area contributed by atoms with E-state index in [1.165, 1.54) is 23.9 Å². The maximum absolute atomic E-state index is 14.1. The summed E-state index contributed by atoms with van der Waals surface area (Å²) < 4.78 is 25.8. The predicted octanol–water partition coefficient (Wildman–Crippen LogP) is 5.37. The van der Waals surface area contributed by atoms with Crippen molar-refractivity contribution in [2.24, 2.45) is 4.99 Å². The number of hydrogen-bond acceptors (Lipinski definition) is 7. The second-order valence-corrected chi connectivity index (χ2v) is 9.11. The molecule has 0 saturated carbocycles. The lowest BCUT2D eigenvalue weighted by atomic mass is 9.94. The fourth-order valence-corrected chi connectivity index (χ4v) is 4.76. The molecule has 0 aliphatic carbocycles. The molecule has 2 aliphatic rings. The number of anilines is 1. The first kappa shape index (κ1) is 24.0. The van der Waals surface area contributed by atoms with Gasteiger partial charge in [-0.1, -0.05) is 45.9 Å². The Morgan fingerprint density at radius 2 is 2.06 bits per heavy atom. The minimum absolute atomic E-state index is 0.0561. The number of carbonyl (C=O) groups excluding carboxylic acids is 2. The van der Waals surface area contributed by atoms with E-state index in [9.17, 15) is 14.0 Å². The van der Waals surface area contributed by atoms with E-state index in [4.69, 9.17) is 9.47 Å². The number of allylic oxidation sites excluding steroid dienone is 1. The van der Waals surface area contributed by atoms with Crippen LogP contribution in [-0.4, -0.2) is 35.2 Å². The molecule has 0 spiro atoms. The molecular formula is C24H21BrFN3O4S. The topological polar surface area (TPSA) is 80.2 Å². The van der Waals surface area contributed by atoms with Gasteiger partial charge in [-0.25, -0.2) is 14.2 Å². The zero-order valence-electron chi connectivity index (χ0n) is 18.4. The summed E-state index contributed by atoms with van der Waals surface area (Å²) >= 11 is 4.63. The average Bonchev–Trinajstić information content (AvgIpc) is 3.27. The molecule has 0 radical (unpaired) electrons. The number of amidine groups is 1. The Morgan fingerprint density at radius 1 is 1.26 bits per heavy atom. The highest BCUT2D eigenvalue weighted by atomic mass is 79.9. The Balaban J connectivity index is 1.59. The van der Waals surface area contributed by atoms with Gasteiger partial charge < -0.3 is 19.7 Å². The van der Waals surface area contributed by atoms with E-state index in [2.05, 4.69) is 26.2 Å². The number of fused-ring (bicyclic) bond motifs is 1. The molecule has 2 aliphatic heterocycles. The summed E-state index contributed by atoms with van der Waals surface area (Å²) in [7, 11) is 0. The number of rotatable bonds is 7. The Morgan fingerprint density at radius 3 is 2.82 bits per heavy atom. The van der Waals surface area contributed by atoms with Crippen LogP contribution in [0.4, 0.5) is 10.1 Å². The molecule has 1 N–H and O–H groups in total. The van der Waals surface area contributed by atoms with Crippen molar-refractivity contribution in [3.05, 3.63) is 81.2 Å². The lowest BCUT2D eigenvalue weighted by Crippen LogP contribution is -2.34. The Kier molecular flexibility index (Phi) is 7.38. The number of esters is 1. The van der Waals surface area contributed by atoms with Crippen molar-refractivity contribution in [1.29, 1.82) is 0 Å². The fourth-order valence-electron chi connectivity index (χ4n) is 3.63. The largest absolute Gasteiger partial charge is 0.483 e. The molecule has 4 rings (SSSR count). The molecule has 2 aromatic rings. The van der Waals surface area contributed by atoms with Gasteiger partial charge in [0.15, 0.2) is 11.8 Å². The zero-order valence-corrected chi connectivity index (χ0v) is 20.8. The van der Waals surface area contributed by atoms with Crippen LogP contribution in [0.25, 0.3) is 0 Å². The van der Waals surface area contributed by atoms with Crippen molar-refractivity contribution in [1.82, 2.24) is 4.90 Å². The molecule has 0 fully saturated rings. The molecule has 0 unspecified atom stereocenters. The molecule has 2 heterocycles. The van der Waals surface area contributed by atoms with Crippen molar-refractivity contribution in [3.63, 3.8) is 0 Å². The van der Waals surface area contributed by atoms with Crippen molar-refractivity contribution in [2.45, 2.75) is 19.9 Å². The van der Waals surface area contributed by atoms with Crippen LogP contribution >= 0.6 is 27.7 Å². The van der Waals surface area contributed by atoms with Gasteiger partial charge in [-0.05, 0) is 43.5 Å². The molecule has 0 saturated heterocycles. The van der Waals surface area contributed by atoms with Gasteiger partial charge in [-0.2, -0.15) is 0 Å². The van der Waals surface area contributed by atoms with Crippen molar-refractivity contribution in [3.8, 4) is 5.75 Å². The third-order valence-electron chi connectivity index (χ3n) is 5.09. The number of aliphatic imine (C=N–C) groups is 1. The molecule has 176 valence electrons. The van der Waals surface area contributed by atoms with Gasteiger partial charge in [0.1, 0.15) is 11.6 Å². The number of benzene rings is 2. The Labute approximate surface area is 208 Å². The summed E-state index contributed by atoms with van der Waals surface area (Å²) in [5, 5.41) is 5.12. The monoisotopic (exact) mass is 545 g/mol. The molecular weight excluding hydrogens is 525 g/mol. The molecule has 1 amide bonds. The van der Waals surface area contributed by atoms with Gasteiger partial charge in [0.2, 0.25) is 0 Å².